The number of hydrogen-bond donors (Lipinski definition) is 1. The molecule has 0 bridgehead atoms. The predicted octanol–water partition coefficient (Wildman–Crippen LogP) is 4.11. The Balaban J connectivity index is 0.00000208. The van der Waals surface area contributed by atoms with Crippen molar-refractivity contribution in [2.24, 2.45) is 0 Å². The molecule has 1 aliphatic heterocycles. The van der Waals surface area contributed by atoms with Crippen LogP contribution in [0, 0.1) is 0 Å². The number of rotatable bonds is 1. The summed E-state index contributed by atoms with van der Waals surface area (Å²) >= 11 is 0. The average molecular weight is 372 g/mol. The molecule has 132 valence electrons. The van der Waals surface area contributed by atoms with E-state index >= 15 is 0 Å². The number of alkyl halides is 6. The first-order valence-electron chi connectivity index (χ1n) is 6.73. The lowest BCUT2D eigenvalue weighted by atomic mass is 10.0. The zero-order valence-electron chi connectivity index (χ0n) is 12.0. The van der Waals surface area contributed by atoms with E-state index < -0.39 is 23.7 Å². The first kappa shape index (κ1) is 18.6. The number of halogens is 7. The Hall–Kier alpha value is -1.74. The molecule has 0 saturated carbocycles. The molecule has 2 aromatic rings. The van der Waals surface area contributed by atoms with Crippen molar-refractivity contribution in [3.63, 3.8) is 0 Å². The van der Waals surface area contributed by atoms with Crippen LogP contribution in [0.15, 0.2) is 24.3 Å². The summed E-state index contributed by atoms with van der Waals surface area (Å²) in [5, 5.41) is 2.86. The Morgan fingerprint density at radius 2 is 1.67 bits per heavy atom. The molecule has 1 aliphatic rings. The molecule has 2 heterocycles. The molecule has 3 rings (SSSR count). The van der Waals surface area contributed by atoms with E-state index in [1.165, 1.54) is 12.1 Å². The minimum Gasteiger partial charge on any atom is -0.321 e. The summed E-state index contributed by atoms with van der Waals surface area (Å²) in [5.41, 5.74) is -1.51. The molecule has 3 nitrogen and oxygen atoms in total. The first-order valence-corrected chi connectivity index (χ1v) is 6.73. The highest BCUT2D eigenvalue weighted by Crippen LogP contribution is 2.40. The zero-order valence-corrected chi connectivity index (χ0v) is 12.8. The van der Waals surface area contributed by atoms with E-state index in [9.17, 15) is 26.3 Å². The van der Waals surface area contributed by atoms with E-state index in [4.69, 9.17) is 0 Å². The monoisotopic (exact) mass is 371 g/mol. The Labute approximate surface area is 139 Å². The van der Waals surface area contributed by atoms with Crippen LogP contribution in [-0.4, -0.2) is 16.1 Å². The van der Waals surface area contributed by atoms with E-state index in [1.807, 2.05) is 0 Å². The van der Waals surface area contributed by atoms with Crippen LogP contribution in [0.2, 0.25) is 0 Å². The van der Waals surface area contributed by atoms with Crippen LogP contribution in [0.5, 0.6) is 0 Å². The molecule has 0 saturated heterocycles. The van der Waals surface area contributed by atoms with Gasteiger partial charge in [0, 0.05) is 25.2 Å². The fourth-order valence-electron chi connectivity index (χ4n) is 2.67. The topological polar surface area (TPSA) is 29.9 Å². The van der Waals surface area contributed by atoms with Gasteiger partial charge in [-0.25, -0.2) is 4.98 Å². The quantitative estimate of drug-likeness (QED) is 0.764. The molecule has 24 heavy (non-hydrogen) atoms. The summed E-state index contributed by atoms with van der Waals surface area (Å²) in [6.07, 6.45) is -9.40. The molecular weight excluding hydrogens is 360 g/mol. The van der Waals surface area contributed by atoms with Crippen LogP contribution >= 0.6 is 12.4 Å². The maximum absolute atomic E-state index is 13.1. The molecule has 0 radical (unpaired) electrons. The Morgan fingerprint density at radius 1 is 1.00 bits per heavy atom. The van der Waals surface area contributed by atoms with E-state index in [0.29, 0.717) is 6.54 Å². The number of fused-ring (bicyclic) bond motifs is 1. The minimum absolute atomic E-state index is 0. The highest BCUT2D eigenvalue weighted by Gasteiger charge is 2.41. The van der Waals surface area contributed by atoms with Crippen molar-refractivity contribution in [3.05, 3.63) is 41.3 Å². The van der Waals surface area contributed by atoms with Crippen LogP contribution in [0.1, 0.15) is 17.1 Å². The zero-order chi connectivity index (χ0) is 16.8. The van der Waals surface area contributed by atoms with Crippen LogP contribution < -0.4 is 5.32 Å². The number of imidazole rings is 1. The van der Waals surface area contributed by atoms with Crippen molar-refractivity contribution in [1.29, 1.82) is 0 Å². The van der Waals surface area contributed by atoms with Gasteiger partial charge in [0.1, 0.15) is 0 Å². The lowest BCUT2D eigenvalue weighted by Gasteiger charge is -2.20. The highest BCUT2D eigenvalue weighted by molar-refractivity contribution is 5.85. The van der Waals surface area contributed by atoms with Crippen LogP contribution in [0.4, 0.5) is 26.3 Å². The second kappa shape index (κ2) is 6.29. The fourth-order valence-corrected chi connectivity index (χ4v) is 2.67. The summed E-state index contributed by atoms with van der Waals surface area (Å²) in [5.74, 6) is -1.17. The normalized spacial score (nSPS) is 14.9. The van der Waals surface area contributed by atoms with E-state index in [1.54, 1.807) is 0 Å². The molecule has 1 N–H and O–H groups in total. The summed E-state index contributed by atoms with van der Waals surface area (Å²) in [6.45, 7) is 0.336. The molecule has 0 aliphatic carbocycles. The Morgan fingerprint density at radius 3 is 2.29 bits per heavy atom. The number of hydrogen-bond acceptors (Lipinski definition) is 2. The molecule has 1 aromatic heterocycles. The van der Waals surface area contributed by atoms with Gasteiger partial charge in [-0.2, -0.15) is 26.3 Å². The summed E-state index contributed by atoms with van der Waals surface area (Å²) < 4.78 is 79.7. The van der Waals surface area contributed by atoms with Gasteiger partial charge in [0.05, 0.1) is 17.0 Å². The Bertz CT molecular complexity index is 735. The molecular formula is C14H12ClF6N3. The van der Waals surface area contributed by atoms with Gasteiger partial charge in [-0.3, -0.25) is 0 Å². The first-order chi connectivity index (χ1) is 10.7. The smallest absolute Gasteiger partial charge is 0.321 e. The van der Waals surface area contributed by atoms with Crippen molar-refractivity contribution in [3.8, 4) is 11.3 Å². The van der Waals surface area contributed by atoms with E-state index in [-0.39, 0.29) is 42.4 Å². The van der Waals surface area contributed by atoms with Crippen LogP contribution in [0.25, 0.3) is 11.3 Å². The van der Waals surface area contributed by atoms with Gasteiger partial charge in [0.15, 0.2) is 0 Å². The van der Waals surface area contributed by atoms with Gasteiger partial charge in [0.25, 0.3) is 0 Å². The lowest BCUT2D eigenvalue weighted by molar-refractivity contribution is -0.147. The van der Waals surface area contributed by atoms with Crippen molar-refractivity contribution < 1.29 is 26.3 Å². The Kier molecular flexibility index (Phi) is 4.87. The highest BCUT2D eigenvalue weighted by atomic mass is 35.5. The second-order valence-corrected chi connectivity index (χ2v) is 5.10. The molecule has 0 atom stereocenters. The number of nitrogens with one attached hydrogen (secondary N) is 1. The molecule has 0 unspecified atom stereocenters. The molecule has 0 fully saturated rings. The van der Waals surface area contributed by atoms with Crippen LogP contribution in [0.3, 0.4) is 0 Å². The molecule has 10 heteroatoms. The molecule has 1 aromatic carbocycles. The summed E-state index contributed by atoms with van der Waals surface area (Å²) in [7, 11) is 0. The van der Waals surface area contributed by atoms with Crippen LogP contribution in [-0.2, 0) is 25.4 Å². The summed E-state index contributed by atoms with van der Waals surface area (Å²) in [4.78, 5) is 3.51. The largest absolute Gasteiger partial charge is 0.449 e. The fraction of sp³-hybridized carbons (Fsp3) is 0.357. The summed E-state index contributed by atoms with van der Waals surface area (Å²) in [6, 6.07) is 4.52. The van der Waals surface area contributed by atoms with Gasteiger partial charge in [0.2, 0.25) is 5.82 Å². The minimum atomic E-state index is -4.72. The number of aromatic nitrogens is 2. The third kappa shape index (κ3) is 3.23. The van der Waals surface area contributed by atoms with Crippen molar-refractivity contribution in [2.75, 3.05) is 6.54 Å². The van der Waals surface area contributed by atoms with Gasteiger partial charge < -0.3 is 9.88 Å². The van der Waals surface area contributed by atoms with Gasteiger partial charge >= 0.3 is 12.4 Å². The van der Waals surface area contributed by atoms with E-state index in [0.717, 1.165) is 16.7 Å². The predicted molar refractivity (Wildman–Crippen MR) is 76.6 cm³/mol. The number of benzene rings is 1. The lowest BCUT2D eigenvalue weighted by Crippen LogP contribution is -2.30. The van der Waals surface area contributed by atoms with Crippen molar-refractivity contribution >= 4 is 12.4 Å². The third-order valence-corrected chi connectivity index (χ3v) is 3.62. The standard InChI is InChI=1S/C14H11F6N3.ClH/c15-13(16,17)9-4-2-1-3-8(9)11-10-7-21-5-6-23(10)12(22-11)14(18,19)20;/h1-4,21H,5-7H2;1H. The maximum Gasteiger partial charge on any atom is 0.449 e. The van der Waals surface area contributed by atoms with Crippen molar-refractivity contribution in [2.45, 2.75) is 25.4 Å². The third-order valence-electron chi connectivity index (χ3n) is 3.62. The number of nitrogens with zero attached hydrogens (tertiary/aromatic N) is 2. The second-order valence-electron chi connectivity index (χ2n) is 5.10. The van der Waals surface area contributed by atoms with Gasteiger partial charge in [-0.1, -0.05) is 18.2 Å². The molecule has 0 spiro atoms. The van der Waals surface area contributed by atoms with Crippen molar-refractivity contribution in [1.82, 2.24) is 14.9 Å². The van der Waals surface area contributed by atoms with Gasteiger partial charge in [-0.15, -0.1) is 12.4 Å². The SMILES string of the molecule is Cl.FC(F)(F)c1ccccc1-c1nc(C(F)(F)F)n2c1CNCC2. The average Bonchev–Trinajstić information content (AvgIpc) is 2.86. The van der Waals surface area contributed by atoms with E-state index in [2.05, 4.69) is 10.3 Å². The molecule has 0 amide bonds. The van der Waals surface area contributed by atoms with Gasteiger partial charge in [-0.05, 0) is 6.07 Å². The maximum atomic E-state index is 13.1.